The maximum Gasteiger partial charge on any atom is 0.271 e. The topological polar surface area (TPSA) is 139 Å². The fourth-order valence-corrected chi connectivity index (χ4v) is 4.63. The monoisotopic (exact) mass is 560 g/mol. The highest BCUT2D eigenvalue weighted by molar-refractivity contribution is 7.92. The first-order chi connectivity index (χ1) is 16.8. The average molecular weight is 561 g/mol. The summed E-state index contributed by atoms with van der Waals surface area (Å²) in [5, 5.41) is 14.6. The molecule has 0 aliphatic heterocycles. The lowest BCUT2D eigenvalue weighted by Crippen LogP contribution is -2.51. The van der Waals surface area contributed by atoms with Gasteiger partial charge in [-0.2, -0.15) is 0 Å². The molecule has 1 atom stereocenters. The molecule has 2 aromatic carbocycles. The van der Waals surface area contributed by atoms with Crippen LogP contribution in [-0.4, -0.2) is 62.6 Å². The number of hydrogen-bond acceptors (Lipinski definition) is 7. The van der Waals surface area contributed by atoms with E-state index in [0.717, 1.165) is 18.4 Å². The standard InChI is InChI=1S/C22H26Cl2N4O7S/c1-5-25-22(30)14(2)26(12-15-6-7-16(23)10-18(15)24)21(29)13-27(36(4,33)34)19-11-17(28(31)32)8-9-20(19)35-3/h6-11,14H,5,12-13H2,1-4H3,(H,25,30). The van der Waals surface area contributed by atoms with E-state index in [-0.39, 0.29) is 23.0 Å². The average Bonchev–Trinajstić information content (AvgIpc) is 2.80. The van der Waals surface area contributed by atoms with E-state index >= 15 is 0 Å². The second-order valence-corrected chi connectivity index (χ2v) is 10.5. The van der Waals surface area contributed by atoms with Crippen LogP contribution < -0.4 is 14.4 Å². The van der Waals surface area contributed by atoms with Crippen LogP contribution in [0.1, 0.15) is 19.4 Å². The number of likely N-dealkylation sites (N-methyl/N-ethyl adjacent to an activating group) is 1. The number of benzene rings is 2. The summed E-state index contributed by atoms with van der Waals surface area (Å²) < 4.78 is 31.3. The number of rotatable bonds is 11. The van der Waals surface area contributed by atoms with Crippen LogP contribution in [0.3, 0.4) is 0 Å². The molecule has 2 rings (SSSR count). The number of nitrogens with one attached hydrogen (secondary N) is 1. The Balaban J connectivity index is 2.54. The molecule has 1 N–H and O–H groups in total. The predicted molar refractivity (Wildman–Crippen MR) is 137 cm³/mol. The minimum atomic E-state index is -4.13. The summed E-state index contributed by atoms with van der Waals surface area (Å²) in [5.74, 6) is -1.21. The molecule has 0 radical (unpaired) electrons. The number of non-ortho nitro benzene ring substituents is 1. The van der Waals surface area contributed by atoms with Crippen LogP contribution in [0.25, 0.3) is 0 Å². The van der Waals surface area contributed by atoms with Gasteiger partial charge in [0.15, 0.2) is 0 Å². The molecule has 0 heterocycles. The van der Waals surface area contributed by atoms with Crippen molar-refractivity contribution in [3.05, 3.63) is 62.1 Å². The molecule has 0 aliphatic carbocycles. The number of nitro groups is 1. The van der Waals surface area contributed by atoms with E-state index in [4.69, 9.17) is 27.9 Å². The van der Waals surface area contributed by atoms with Gasteiger partial charge in [-0.3, -0.25) is 24.0 Å². The molecule has 1 unspecified atom stereocenters. The molecule has 0 saturated carbocycles. The first kappa shape index (κ1) is 29.1. The number of hydrogen-bond donors (Lipinski definition) is 1. The summed E-state index contributed by atoms with van der Waals surface area (Å²) in [5.41, 5.74) is -0.116. The number of amides is 2. The first-order valence-corrected chi connectivity index (χ1v) is 13.2. The number of anilines is 1. The summed E-state index contributed by atoms with van der Waals surface area (Å²) >= 11 is 12.2. The third-order valence-electron chi connectivity index (χ3n) is 5.20. The SMILES string of the molecule is CCNC(=O)C(C)N(Cc1ccc(Cl)cc1Cl)C(=O)CN(c1cc([N+](=O)[O-])ccc1OC)S(C)(=O)=O. The van der Waals surface area contributed by atoms with Crippen LogP contribution in [0.15, 0.2) is 36.4 Å². The molecule has 14 heteroatoms. The third kappa shape index (κ3) is 7.21. The molecular formula is C22H26Cl2N4O7S. The molecule has 2 aromatic rings. The third-order valence-corrected chi connectivity index (χ3v) is 6.91. The van der Waals surface area contributed by atoms with Crippen molar-refractivity contribution in [3.63, 3.8) is 0 Å². The molecule has 0 spiro atoms. The highest BCUT2D eigenvalue weighted by Crippen LogP contribution is 2.34. The van der Waals surface area contributed by atoms with E-state index in [9.17, 15) is 28.1 Å². The maximum atomic E-state index is 13.5. The Labute approximate surface area is 219 Å². The maximum absolute atomic E-state index is 13.5. The smallest absolute Gasteiger partial charge is 0.271 e. The molecule has 0 aliphatic rings. The number of methoxy groups -OCH3 is 1. The Morgan fingerprint density at radius 2 is 1.86 bits per heavy atom. The molecule has 36 heavy (non-hydrogen) atoms. The van der Waals surface area contributed by atoms with E-state index < -0.39 is 45.0 Å². The van der Waals surface area contributed by atoms with Crippen LogP contribution in [0.5, 0.6) is 5.75 Å². The van der Waals surface area contributed by atoms with Gasteiger partial charge in [-0.05, 0) is 37.6 Å². The quantitative estimate of drug-likeness (QED) is 0.328. The van der Waals surface area contributed by atoms with Gasteiger partial charge >= 0.3 is 0 Å². The normalized spacial score (nSPS) is 11.9. The fourth-order valence-electron chi connectivity index (χ4n) is 3.32. The van der Waals surface area contributed by atoms with Crippen LogP contribution in [0.2, 0.25) is 10.0 Å². The van der Waals surface area contributed by atoms with Crippen molar-refractivity contribution in [2.45, 2.75) is 26.4 Å². The summed E-state index contributed by atoms with van der Waals surface area (Å²) in [6, 6.07) is 7.02. The van der Waals surface area contributed by atoms with Gasteiger partial charge in [-0.25, -0.2) is 8.42 Å². The molecule has 196 valence electrons. The second kappa shape index (κ2) is 12.2. The van der Waals surface area contributed by atoms with Crippen molar-refractivity contribution in [3.8, 4) is 5.75 Å². The van der Waals surface area contributed by atoms with Gasteiger partial charge in [0, 0.05) is 35.3 Å². The highest BCUT2D eigenvalue weighted by atomic mass is 35.5. The zero-order chi connectivity index (χ0) is 27.2. The van der Waals surface area contributed by atoms with Crippen molar-refractivity contribution in [2.75, 3.05) is 30.8 Å². The van der Waals surface area contributed by atoms with Gasteiger partial charge in [-0.15, -0.1) is 0 Å². The van der Waals surface area contributed by atoms with Gasteiger partial charge in [-0.1, -0.05) is 29.3 Å². The molecule has 2 amide bonds. The largest absolute Gasteiger partial charge is 0.495 e. The van der Waals surface area contributed by atoms with E-state index in [1.54, 1.807) is 19.1 Å². The van der Waals surface area contributed by atoms with Crippen LogP contribution in [0, 0.1) is 10.1 Å². The van der Waals surface area contributed by atoms with Crippen molar-refractivity contribution in [1.29, 1.82) is 0 Å². The van der Waals surface area contributed by atoms with Gasteiger partial charge in [0.1, 0.15) is 24.0 Å². The number of carbonyl (C=O) groups is 2. The van der Waals surface area contributed by atoms with Gasteiger partial charge in [0.25, 0.3) is 5.69 Å². The van der Waals surface area contributed by atoms with Crippen molar-refractivity contribution in [1.82, 2.24) is 10.2 Å². The molecular weight excluding hydrogens is 535 g/mol. The lowest BCUT2D eigenvalue weighted by atomic mass is 10.1. The minimum Gasteiger partial charge on any atom is -0.495 e. The molecule has 0 aromatic heterocycles. The predicted octanol–water partition coefficient (Wildman–Crippen LogP) is 3.23. The zero-order valence-corrected chi connectivity index (χ0v) is 22.4. The molecule has 11 nitrogen and oxygen atoms in total. The number of nitrogens with zero attached hydrogens (tertiary/aromatic N) is 3. The Kier molecular flexibility index (Phi) is 9.91. The van der Waals surface area contributed by atoms with E-state index in [2.05, 4.69) is 5.32 Å². The lowest BCUT2D eigenvalue weighted by molar-refractivity contribution is -0.384. The molecule has 0 bridgehead atoms. The number of sulfonamides is 1. The summed E-state index contributed by atoms with van der Waals surface area (Å²) in [6.45, 7) is 2.63. The Hall–Kier alpha value is -3.09. The number of ether oxygens (including phenoxy) is 1. The van der Waals surface area contributed by atoms with E-state index in [1.807, 2.05) is 0 Å². The van der Waals surface area contributed by atoms with Crippen LogP contribution in [0.4, 0.5) is 11.4 Å². The van der Waals surface area contributed by atoms with Crippen LogP contribution >= 0.6 is 23.2 Å². The minimum absolute atomic E-state index is 0.00268. The summed E-state index contributed by atoms with van der Waals surface area (Å²) in [4.78, 5) is 37.9. The molecule has 0 fully saturated rings. The van der Waals surface area contributed by atoms with E-state index in [0.29, 0.717) is 21.4 Å². The fraction of sp³-hybridized carbons (Fsp3) is 0.364. The van der Waals surface area contributed by atoms with Crippen molar-refractivity contribution >= 4 is 56.4 Å². The van der Waals surface area contributed by atoms with Crippen molar-refractivity contribution < 1.29 is 27.7 Å². The molecule has 0 saturated heterocycles. The summed E-state index contributed by atoms with van der Waals surface area (Å²) in [6.07, 6.45) is 0.853. The number of halogens is 2. The Bertz CT molecular complexity index is 1260. The number of carbonyl (C=O) groups excluding carboxylic acids is 2. The number of nitro benzene ring substituents is 1. The lowest BCUT2D eigenvalue weighted by Gasteiger charge is -2.32. The Morgan fingerprint density at radius 3 is 2.39 bits per heavy atom. The second-order valence-electron chi connectivity index (χ2n) is 7.71. The van der Waals surface area contributed by atoms with Crippen LogP contribution in [-0.2, 0) is 26.2 Å². The summed E-state index contributed by atoms with van der Waals surface area (Å²) in [7, 11) is -2.86. The van der Waals surface area contributed by atoms with Gasteiger partial charge in [0.2, 0.25) is 21.8 Å². The zero-order valence-electron chi connectivity index (χ0n) is 20.0. The van der Waals surface area contributed by atoms with Gasteiger partial charge < -0.3 is 15.0 Å². The first-order valence-electron chi connectivity index (χ1n) is 10.6. The highest BCUT2D eigenvalue weighted by Gasteiger charge is 2.32. The Morgan fingerprint density at radius 1 is 1.19 bits per heavy atom. The van der Waals surface area contributed by atoms with E-state index in [1.165, 1.54) is 31.1 Å². The van der Waals surface area contributed by atoms with Crippen molar-refractivity contribution in [2.24, 2.45) is 0 Å². The van der Waals surface area contributed by atoms with Gasteiger partial charge in [0.05, 0.1) is 18.3 Å².